The summed E-state index contributed by atoms with van der Waals surface area (Å²) < 4.78 is 0. The average molecular weight is 196 g/mol. The number of aliphatic carboxylic acids is 1. The highest BCUT2D eigenvalue weighted by Crippen LogP contribution is 2.29. The molecule has 0 radical (unpaired) electrons. The normalized spacial score (nSPS) is 28.7. The maximum atomic E-state index is 11.5. The van der Waals surface area contributed by atoms with E-state index in [1.165, 1.54) is 0 Å². The van der Waals surface area contributed by atoms with Crippen LogP contribution in [0.1, 0.15) is 32.1 Å². The number of carboxylic acids is 1. The van der Waals surface area contributed by atoms with Crippen LogP contribution >= 0.6 is 0 Å². The molecule has 1 saturated carbocycles. The summed E-state index contributed by atoms with van der Waals surface area (Å²) >= 11 is 0. The van der Waals surface area contributed by atoms with E-state index in [2.05, 4.69) is 0 Å². The van der Waals surface area contributed by atoms with Crippen molar-refractivity contribution in [2.24, 2.45) is 5.92 Å². The van der Waals surface area contributed by atoms with Crippen molar-refractivity contribution in [1.82, 2.24) is 4.90 Å². The van der Waals surface area contributed by atoms with E-state index in [1.54, 1.807) is 4.90 Å². The molecule has 0 aromatic heterocycles. The lowest BCUT2D eigenvalue weighted by Crippen LogP contribution is -2.37. The van der Waals surface area contributed by atoms with E-state index in [0.29, 0.717) is 12.6 Å². The Bertz CT molecular complexity index is 258. The Morgan fingerprint density at radius 1 is 1.36 bits per heavy atom. The Kier molecular flexibility index (Phi) is 2.44. The number of carbonyl (C=O) groups excluding carboxylic acids is 2. The van der Waals surface area contributed by atoms with Crippen molar-refractivity contribution in [3.05, 3.63) is 0 Å². The predicted octanol–water partition coefficient (Wildman–Crippen LogP) is -0.473. The Morgan fingerprint density at radius 3 is 2.50 bits per heavy atom. The van der Waals surface area contributed by atoms with Crippen molar-refractivity contribution in [2.45, 2.75) is 38.1 Å². The molecule has 0 aromatic rings. The van der Waals surface area contributed by atoms with Gasteiger partial charge in [0.1, 0.15) is 0 Å². The van der Waals surface area contributed by atoms with Gasteiger partial charge in [0.25, 0.3) is 0 Å². The number of carbonyl (C=O) groups is 2. The second-order valence-corrected chi connectivity index (χ2v) is 4.20. The van der Waals surface area contributed by atoms with E-state index in [4.69, 9.17) is 0 Å². The minimum absolute atomic E-state index is 0.00824. The molecule has 0 spiro atoms. The first-order valence-electron chi connectivity index (χ1n) is 5.19. The molecule has 0 bridgehead atoms. The maximum Gasteiger partial charge on any atom is 0.223 e. The summed E-state index contributed by atoms with van der Waals surface area (Å²) in [5, 5.41) is 10.6. The van der Waals surface area contributed by atoms with E-state index >= 15 is 0 Å². The molecule has 4 heteroatoms. The van der Waals surface area contributed by atoms with Gasteiger partial charge in [-0.1, -0.05) is 12.8 Å². The van der Waals surface area contributed by atoms with E-state index in [0.717, 1.165) is 25.7 Å². The Balaban J connectivity index is 2.00. The van der Waals surface area contributed by atoms with Crippen LogP contribution in [0.15, 0.2) is 0 Å². The van der Waals surface area contributed by atoms with Gasteiger partial charge in [-0.05, 0) is 12.8 Å². The smallest absolute Gasteiger partial charge is 0.223 e. The van der Waals surface area contributed by atoms with Gasteiger partial charge in [-0.2, -0.15) is 0 Å². The largest absolute Gasteiger partial charge is 0.550 e. The summed E-state index contributed by atoms with van der Waals surface area (Å²) in [5.41, 5.74) is 0. The second-order valence-electron chi connectivity index (χ2n) is 4.20. The van der Waals surface area contributed by atoms with E-state index in [1.807, 2.05) is 0 Å². The van der Waals surface area contributed by atoms with Crippen LogP contribution in [0, 0.1) is 5.92 Å². The molecule has 0 aromatic carbocycles. The molecule has 1 amide bonds. The van der Waals surface area contributed by atoms with Crippen molar-refractivity contribution >= 4 is 11.9 Å². The maximum absolute atomic E-state index is 11.5. The number of rotatable bonds is 2. The third-order valence-electron chi connectivity index (χ3n) is 3.26. The number of likely N-dealkylation sites (tertiary alicyclic amines) is 1. The van der Waals surface area contributed by atoms with E-state index in [-0.39, 0.29) is 12.3 Å². The zero-order chi connectivity index (χ0) is 10.1. The number of hydrogen-bond donors (Lipinski definition) is 0. The van der Waals surface area contributed by atoms with Gasteiger partial charge in [-0.25, -0.2) is 0 Å². The van der Waals surface area contributed by atoms with Gasteiger partial charge < -0.3 is 14.8 Å². The van der Waals surface area contributed by atoms with Crippen molar-refractivity contribution in [3.8, 4) is 0 Å². The lowest BCUT2D eigenvalue weighted by molar-refractivity contribution is -0.311. The van der Waals surface area contributed by atoms with Crippen LogP contribution in [-0.2, 0) is 9.59 Å². The summed E-state index contributed by atoms with van der Waals surface area (Å²) in [6.07, 6.45) is 4.52. The molecule has 14 heavy (non-hydrogen) atoms. The molecule has 0 N–H and O–H groups in total. The minimum atomic E-state index is -1.08. The topological polar surface area (TPSA) is 60.4 Å². The van der Waals surface area contributed by atoms with Gasteiger partial charge in [-0.3, -0.25) is 4.79 Å². The Labute approximate surface area is 82.9 Å². The molecular weight excluding hydrogens is 182 g/mol. The monoisotopic (exact) mass is 196 g/mol. The zero-order valence-corrected chi connectivity index (χ0v) is 8.07. The van der Waals surface area contributed by atoms with Crippen molar-refractivity contribution in [3.63, 3.8) is 0 Å². The molecule has 2 rings (SSSR count). The van der Waals surface area contributed by atoms with Crippen LogP contribution in [0.2, 0.25) is 0 Å². The molecule has 0 unspecified atom stereocenters. The van der Waals surface area contributed by atoms with Gasteiger partial charge in [0.15, 0.2) is 0 Å². The molecular formula is C10H14NO3-. The first kappa shape index (κ1) is 9.49. The van der Waals surface area contributed by atoms with Crippen LogP contribution in [0.5, 0.6) is 0 Å². The molecule has 1 atom stereocenters. The Hall–Kier alpha value is -1.06. The Morgan fingerprint density at radius 2 is 2.00 bits per heavy atom. The fourth-order valence-electron chi connectivity index (χ4n) is 2.46. The molecule has 1 aliphatic carbocycles. The highest BCUT2D eigenvalue weighted by molar-refractivity contribution is 5.85. The van der Waals surface area contributed by atoms with Crippen molar-refractivity contribution in [2.75, 3.05) is 6.54 Å². The van der Waals surface area contributed by atoms with Crippen LogP contribution in [0.25, 0.3) is 0 Å². The van der Waals surface area contributed by atoms with Gasteiger partial charge in [0.2, 0.25) is 5.91 Å². The van der Waals surface area contributed by atoms with Crippen LogP contribution < -0.4 is 5.11 Å². The van der Waals surface area contributed by atoms with Gasteiger partial charge >= 0.3 is 0 Å². The highest BCUT2D eigenvalue weighted by Gasteiger charge is 2.35. The summed E-state index contributed by atoms with van der Waals surface area (Å²) in [5.74, 6) is -1.67. The summed E-state index contributed by atoms with van der Waals surface area (Å²) in [6, 6.07) is 0.298. The molecule has 2 fully saturated rings. The molecule has 1 saturated heterocycles. The molecule has 78 valence electrons. The third-order valence-corrected chi connectivity index (χ3v) is 3.26. The lowest BCUT2D eigenvalue weighted by Gasteiger charge is -2.24. The van der Waals surface area contributed by atoms with Crippen LogP contribution in [0.4, 0.5) is 0 Å². The predicted molar refractivity (Wildman–Crippen MR) is 47.1 cm³/mol. The lowest BCUT2D eigenvalue weighted by atomic mass is 10.1. The van der Waals surface area contributed by atoms with Crippen molar-refractivity contribution in [1.29, 1.82) is 0 Å². The third kappa shape index (κ3) is 1.61. The second kappa shape index (κ2) is 3.59. The van der Waals surface area contributed by atoms with Crippen LogP contribution in [-0.4, -0.2) is 29.4 Å². The van der Waals surface area contributed by atoms with Crippen molar-refractivity contribution < 1.29 is 14.7 Å². The number of nitrogens with zero attached hydrogens (tertiary/aromatic N) is 1. The summed E-state index contributed by atoms with van der Waals surface area (Å²) in [4.78, 5) is 23.9. The van der Waals surface area contributed by atoms with Gasteiger partial charge in [0.05, 0.1) is 0 Å². The number of hydrogen-bond acceptors (Lipinski definition) is 3. The number of carboxylic acid groups (broad SMARTS) is 1. The van der Waals surface area contributed by atoms with Crippen LogP contribution in [0.3, 0.4) is 0 Å². The van der Waals surface area contributed by atoms with Gasteiger partial charge in [-0.15, -0.1) is 0 Å². The summed E-state index contributed by atoms with van der Waals surface area (Å²) in [6.45, 7) is 0.367. The molecule has 1 aliphatic heterocycles. The molecule has 2 aliphatic rings. The molecule has 1 heterocycles. The fraction of sp³-hybridized carbons (Fsp3) is 0.800. The summed E-state index contributed by atoms with van der Waals surface area (Å²) in [7, 11) is 0. The first-order valence-corrected chi connectivity index (χ1v) is 5.19. The first-order chi connectivity index (χ1) is 6.68. The van der Waals surface area contributed by atoms with E-state index < -0.39 is 11.9 Å². The van der Waals surface area contributed by atoms with Gasteiger partial charge in [0, 0.05) is 30.9 Å². The molecule has 4 nitrogen and oxygen atoms in total. The standard InChI is InChI=1S/C10H15NO3/c12-9-5-7(10(13)14)6-11(9)8-3-1-2-4-8/h7-8H,1-6H2,(H,13,14)/p-1/t7-/m0/s1. The fourth-order valence-corrected chi connectivity index (χ4v) is 2.46. The quantitative estimate of drug-likeness (QED) is 0.599. The zero-order valence-electron chi connectivity index (χ0n) is 8.07. The average Bonchev–Trinajstić information content (AvgIpc) is 2.71. The minimum Gasteiger partial charge on any atom is -0.550 e. The SMILES string of the molecule is O=C([O-])[C@H]1CC(=O)N(C2CCCC2)C1. The highest BCUT2D eigenvalue weighted by atomic mass is 16.4. The van der Waals surface area contributed by atoms with E-state index in [9.17, 15) is 14.7 Å². The number of amides is 1.